The predicted octanol–water partition coefficient (Wildman–Crippen LogP) is 3.28. The van der Waals surface area contributed by atoms with Crippen LogP contribution in [0.1, 0.15) is 64.4 Å². The molecule has 1 aromatic rings. The van der Waals surface area contributed by atoms with Crippen LogP contribution in [-0.4, -0.2) is 37.0 Å². The van der Waals surface area contributed by atoms with E-state index in [1.807, 2.05) is 0 Å². The third-order valence-corrected chi connectivity index (χ3v) is 4.70. The van der Waals surface area contributed by atoms with E-state index < -0.39 is 24.0 Å². The van der Waals surface area contributed by atoms with Crippen LogP contribution in [0, 0.1) is 5.82 Å². The summed E-state index contributed by atoms with van der Waals surface area (Å²) in [6.07, 6.45) is 7.06. The minimum atomic E-state index is -0.866. The van der Waals surface area contributed by atoms with Gasteiger partial charge in [-0.15, -0.1) is 0 Å². The molecule has 6 nitrogen and oxygen atoms in total. The van der Waals surface area contributed by atoms with Gasteiger partial charge in [0.2, 0.25) is 11.8 Å². The van der Waals surface area contributed by atoms with Crippen LogP contribution in [0.4, 0.5) is 4.39 Å². The van der Waals surface area contributed by atoms with E-state index in [1.165, 1.54) is 39.0 Å². The zero-order valence-corrected chi connectivity index (χ0v) is 17.6. The third kappa shape index (κ3) is 10.1. The lowest BCUT2D eigenvalue weighted by Crippen LogP contribution is -2.52. The van der Waals surface area contributed by atoms with Crippen LogP contribution in [-0.2, 0) is 25.5 Å². The van der Waals surface area contributed by atoms with Gasteiger partial charge in [0, 0.05) is 13.3 Å². The molecule has 29 heavy (non-hydrogen) atoms. The van der Waals surface area contributed by atoms with E-state index >= 15 is 0 Å². The summed E-state index contributed by atoms with van der Waals surface area (Å²) in [6.45, 7) is 3.47. The van der Waals surface area contributed by atoms with Crippen LogP contribution in [0.15, 0.2) is 24.3 Å². The molecule has 1 rings (SSSR count). The van der Waals surface area contributed by atoms with Crippen molar-refractivity contribution in [2.45, 2.75) is 77.3 Å². The number of carbonyl (C=O) groups excluding carboxylic acids is 3. The summed E-state index contributed by atoms with van der Waals surface area (Å²) in [5, 5.41) is 5.30. The molecular formula is C22H33FN2O4. The molecule has 0 radical (unpaired) electrons. The minimum absolute atomic E-state index is 0.191. The molecule has 0 bridgehead atoms. The number of amides is 2. The third-order valence-electron chi connectivity index (χ3n) is 4.70. The van der Waals surface area contributed by atoms with Crippen molar-refractivity contribution in [1.29, 1.82) is 0 Å². The molecule has 1 aromatic carbocycles. The second-order valence-corrected chi connectivity index (χ2v) is 7.22. The molecule has 0 unspecified atom stereocenters. The summed E-state index contributed by atoms with van der Waals surface area (Å²) in [6, 6.07) is 4.09. The monoisotopic (exact) mass is 408 g/mol. The Hall–Kier alpha value is -2.44. The molecule has 0 spiro atoms. The van der Waals surface area contributed by atoms with Gasteiger partial charge in [-0.3, -0.25) is 9.59 Å². The summed E-state index contributed by atoms with van der Waals surface area (Å²) < 4.78 is 17.9. The maximum Gasteiger partial charge on any atom is 0.328 e. The maximum atomic E-state index is 13.1. The molecular weight excluding hydrogens is 375 g/mol. The maximum absolute atomic E-state index is 13.1. The summed E-state index contributed by atoms with van der Waals surface area (Å²) in [7, 11) is 1.28. The first kappa shape index (κ1) is 24.6. The van der Waals surface area contributed by atoms with Gasteiger partial charge in [-0.1, -0.05) is 57.6 Å². The van der Waals surface area contributed by atoms with E-state index in [-0.39, 0.29) is 18.1 Å². The Morgan fingerprint density at radius 3 is 2.17 bits per heavy atom. The van der Waals surface area contributed by atoms with Crippen LogP contribution in [0.25, 0.3) is 0 Å². The SMILES string of the molecule is CCCCCCCC[C@H](NC(=O)[C@H](Cc1ccc(F)cc1)NC(C)=O)C(=O)OC. The topological polar surface area (TPSA) is 84.5 Å². The van der Waals surface area contributed by atoms with Crippen LogP contribution < -0.4 is 10.6 Å². The smallest absolute Gasteiger partial charge is 0.328 e. The molecule has 0 aliphatic heterocycles. The fourth-order valence-electron chi connectivity index (χ4n) is 3.10. The molecule has 0 aliphatic carbocycles. The first-order chi connectivity index (χ1) is 13.9. The number of unbranched alkanes of at least 4 members (excludes halogenated alkanes) is 5. The summed E-state index contributed by atoms with van der Waals surface area (Å²) in [4.78, 5) is 36.4. The standard InChI is InChI=1S/C22H33FN2O4/c1-4-5-6-7-8-9-10-19(22(28)29-3)25-21(27)20(24-16(2)26)15-17-11-13-18(23)14-12-17/h11-14,19-20H,4-10,15H2,1-3H3,(H,24,26)(H,25,27)/t19-,20-/m0/s1. The highest BCUT2D eigenvalue weighted by molar-refractivity contribution is 5.90. The fraction of sp³-hybridized carbons (Fsp3) is 0.591. The van der Waals surface area contributed by atoms with Crippen molar-refractivity contribution in [2.24, 2.45) is 0 Å². The molecule has 0 saturated heterocycles. The Labute approximate surface area is 172 Å². The summed E-state index contributed by atoms with van der Waals surface area (Å²) in [5.41, 5.74) is 0.700. The van der Waals surface area contributed by atoms with Crippen molar-refractivity contribution in [3.63, 3.8) is 0 Å². The van der Waals surface area contributed by atoms with Gasteiger partial charge in [-0.2, -0.15) is 0 Å². The number of methoxy groups -OCH3 is 1. The van der Waals surface area contributed by atoms with Crippen LogP contribution in [0.2, 0.25) is 0 Å². The van der Waals surface area contributed by atoms with Crippen LogP contribution in [0.5, 0.6) is 0 Å². The number of halogens is 1. The second kappa shape index (κ2) is 13.7. The van der Waals surface area contributed by atoms with E-state index in [0.717, 1.165) is 25.7 Å². The first-order valence-electron chi connectivity index (χ1n) is 10.3. The number of carbonyl (C=O) groups is 3. The van der Waals surface area contributed by atoms with E-state index in [4.69, 9.17) is 4.74 Å². The highest BCUT2D eigenvalue weighted by Gasteiger charge is 2.26. The Morgan fingerprint density at radius 2 is 1.59 bits per heavy atom. The average molecular weight is 409 g/mol. The number of hydrogen-bond donors (Lipinski definition) is 2. The number of rotatable bonds is 13. The number of esters is 1. The van der Waals surface area contributed by atoms with Crippen molar-refractivity contribution >= 4 is 17.8 Å². The van der Waals surface area contributed by atoms with Crippen LogP contribution in [0.3, 0.4) is 0 Å². The van der Waals surface area contributed by atoms with E-state index in [9.17, 15) is 18.8 Å². The van der Waals surface area contributed by atoms with Crippen molar-refractivity contribution in [3.05, 3.63) is 35.6 Å². The van der Waals surface area contributed by atoms with Gasteiger partial charge in [0.05, 0.1) is 7.11 Å². The number of nitrogens with one attached hydrogen (secondary N) is 2. The second-order valence-electron chi connectivity index (χ2n) is 7.22. The minimum Gasteiger partial charge on any atom is -0.467 e. The van der Waals surface area contributed by atoms with Gasteiger partial charge in [-0.25, -0.2) is 9.18 Å². The Kier molecular flexibility index (Phi) is 11.6. The molecule has 0 heterocycles. The van der Waals surface area contributed by atoms with Crippen molar-refractivity contribution in [3.8, 4) is 0 Å². The first-order valence-corrected chi connectivity index (χ1v) is 10.3. The number of ether oxygens (including phenoxy) is 1. The zero-order chi connectivity index (χ0) is 21.6. The largest absolute Gasteiger partial charge is 0.467 e. The lowest BCUT2D eigenvalue weighted by atomic mass is 10.0. The van der Waals surface area contributed by atoms with Gasteiger partial charge in [-0.05, 0) is 24.1 Å². The van der Waals surface area contributed by atoms with Gasteiger partial charge < -0.3 is 15.4 Å². The lowest BCUT2D eigenvalue weighted by molar-refractivity contribution is -0.145. The molecule has 2 atom stereocenters. The molecule has 0 saturated carbocycles. The van der Waals surface area contributed by atoms with Crippen molar-refractivity contribution < 1.29 is 23.5 Å². The molecule has 162 valence electrons. The number of benzene rings is 1. The number of hydrogen-bond acceptors (Lipinski definition) is 4. The van der Waals surface area contributed by atoms with Gasteiger partial charge in [0.1, 0.15) is 17.9 Å². The Morgan fingerprint density at radius 1 is 0.966 bits per heavy atom. The van der Waals surface area contributed by atoms with Gasteiger partial charge in [0.15, 0.2) is 0 Å². The predicted molar refractivity (Wildman–Crippen MR) is 110 cm³/mol. The lowest BCUT2D eigenvalue weighted by Gasteiger charge is -2.22. The normalized spacial score (nSPS) is 12.7. The Bertz CT molecular complexity index is 649. The fourth-order valence-corrected chi connectivity index (χ4v) is 3.10. The van der Waals surface area contributed by atoms with E-state index in [0.29, 0.717) is 12.0 Å². The molecule has 0 aliphatic rings. The van der Waals surface area contributed by atoms with Gasteiger partial charge in [0.25, 0.3) is 0 Å². The molecule has 2 amide bonds. The molecule has 0 aromatic heterocycles. The highest BCUT2D eigenvalue weighted by atomic mass is 19.1. The molecule has 0 fully saturated rings. The van der Waals surface area contributed by atoms with E-state index in [2.05, 4.69) is 17.6 Å². The average Bonchev–Trinajstić information content (AvgIpc) is 2.69. The summed E-state index contributed by atoms with van der Waals surface area (Å²) >= 11 is 0. The van der Waals surface area contributed by atoms with Crippen LogP contribution >= 0.6 is 0 Å². The Balaban J connectivity index is 2.70. The molecule has 7 heteroatoms. The quantitative estimate of drug-likeness (QED) is 0.387. The van der Waals surface area contributed by atoms with Crippen molar-refractivity contribution in [2.75, 3.05) is 7.11 Å². The highest BCUT2D eigenvalue weighted by Crippen LogP contribution is 2.11. The van der Waals surface area contributed by atoms with Crippen molar-refractivity contribution in [1.82, 2.24) is 10.6 Å². The molecule has 2 N–H and O–H groups in total. The summed E-state index contributed by atoms with van der Waals surface area (Å²) in [5.74, 6) is -1.71. The van der Waals surface area contributed by atoms with E-state index in [1.54, 1.807) is 12.1 Å². The zero-order valence-electron chi connectivity index (χ0n) is 17.6. The van der Waals surface area contributed by atoms with Gasteiger partial charge >= 0.3 is 5.97 Å².